The monoisotopic (exact) mass is 346 g/mol. The average molecular weight is 346 g/mol. The van der Waals surface area contributed by atoms with Crippen LogP contribution in [-0.2, 0) is 9.31 Å². The lowest BCUT2D eigenvalue weighted by molar-refractivity contribution is 0.00578. The van der Waals surface area contributed by atoms with Crippen LogP contribution in [0.25, 0.3) is 10.8 Å². The van der Waals surface area contributed by atoms with Crippen molar-refractivity contribution in [2.24, 2.45) is 0 Å². The average Bonchev–Trinajstić information content (AvgIpc) is 3.08. The summed E-state index contributed by atoms with van der Waals surface area (Å²) in [5.41, 5.74) is 1.81. The molecule has 1 atom stereocenters. The van der Waals surface area contributed by atoms with Gasteiger partial charge in [0.1, 0.15) is 11.5 Å². The minimum Gasteiger partial charge on any atom is -0.460 e. The van der Waals surface area contributed by atoms with Crippen LogP contribution in [-0.4, -0.2) is 18.3 Å². The van der Waals surface area contributed by atoms with Gasteiger partial charge in [-0.3, -0.25) is 0 Å². The van der Waals surface area contributed by atoms with Crippen molar-refractivity contribution >= 4 is 17.9 Å². The van der Waals surface area contributed by atoms with Gasteiger partial charge in [0.05, 0.1) is 11.2 Å². The maximum Gasteiger partial charge on any atom is 0.490 e. The number of rotatable bonds is 1. The quantitative estimate of drug-likeness (QED) is 0.668. The molecule has 2 heterocycles. The van der Waals surface area contributed by atoms with E-state index >= 15 is 0 Å². The lowest BCUT2D eigenvalue weighted by atomic mass is 9.70. The molecule has 0 N–H and O–H groups in total. The molecule has 2 aromatic carbocycles. The van der Waals surface area contributed by atoms with E-state index in [0.29, 0.717) is 0 Å². The van der Waals surface area contributed by atoms with E-state index in [1.165, 1.54) is 21.8 Å². The minimum absolute atomic E-state index is 0.244. The van der Waals surface area contributed by atoms with Crippen molar-refractivity contribution in [3.05, 3.63) is 65.3 Å². The Morgan fingerprint density at radius 3 is 2.42 bits per heavy atom. The Morgan fingerprint density at radius 1 is 0.923 bits per heavy atom. The maximum absolute atomic E-state index is 6.25. The summed E-state index contributed by atoms with van der Waals surface area (Å²) in [5.74, 6) is 2.27. The number of ether oxygens (including phenoxy) is 1. The molecular weight excluding hydrogens is 323 g/mol. The second kappa shape index (κ2) is 5.24. The van der Waals surface area contributed by atoms with Crippen LogP contribution >= 0.6 is 0 Å². The van der Waals surface area contributed by atoms with Gasteiger partial charge in [-0.1, -0.05) is 42.5 Å². The molecule has 1 saturated heterocycles. The molecule has 0 radical (unpaired) electrons. The third-order valence-corrected chi connectivity index (χ3v) is 6.31. The lowest BCUT2D eigenvalue weighted by Gasteiger charge is -2.32. The first-order valence-electron chi connectivity index (χ1n) is 9.31. The van der Waals surface area contributed by atoms with Crippen molar-refractivity contribution < 1.29 is 14.0 Å². The fourth-order valence-electron chi connectivity index (χ4n) is 4.01. The molecule has 26 heavy (non-hydrogen) atoms. The number of benzene rings is 2. The summed E-state index contributed by atoms with van der Waals surface area (Å²) >= 11 is 0. The zero-order chi connectivity index (χ0) is 18.1. The molecule has 5 rings (SSSR count). The Morgan fingerprint density at radius 2 is 1.65 bits per heavy atom. The predicted octanol–water partition coefficient (Wildman–Crippen LogP) is 5.16. The first-order valence-corrected chi connectivity index (χ1v) is 9.31. The fourth-order valence-corrected chi connectivity index (χ4v) is 4.01. The van der Waals surface area contributed by atoms with E-state index in [-0.39, 0.29) is 24.2 Å². The minimum atomic E-state index is -0.317. The molecule has 0 bridgehead atoms. The standard InChI is InChI=1S/C22H23BO3/c1-21(2)22(3,4)26-23(25-21)15-10-12-19-18(13-15)17-11-9-14-7-5-6-8-16(14)20(17)24-19/h5-12,18H,13H2,1-4H3. The van der Waals surface area contributed by atoms with Crippen LogP contribution < -0.4 is 4.74 Å². The number of allylic oxidation sites excluding steroid dienone is 4. The molecule has 1 aliphatic carbocycles. The topological polar surface area (TPSA) is 27.7 Å². The van der Waals surface area contributed by atoms with Gasteiger partial charge in [-0.05, 0) is 51.1 Å². The van der Waals surface area contributed by atoms with Crippen molar-refractivity contribution in [3.8, 4) is 5.75 Å². The van der Waals surface area contributed by atoms with Gasteiger partial charge in [-0.2, -0.15) is 0 Å². The predicted molar refractivity (Wildman–Crippen MR) is 104 cm³/mol. The lowest BCUT2D eigenvalue weighted by Crippen LogP contribution is -2.41. The third kappa shape index (κ3) is 2.22. The van der Waals surface area contributed by atoms with Crippen molar-refractivity contribution in [1.29, 1.82) is 0 Å². The SMILES string of the molecule is CC1(C)OB(C2=CC=C3Oc4c(ccc5ccccc45)C3C2)OC1(C)C. The second-order valence-electron chi connectivity index (χ2n) is 8.46. The molecule has 0 spiro atoms. The Kier molecular flexibility index (Phi) is 3.26. The molecule has 0 amide bonds. The maximum atomic E-state index is 6.25. The first kappa shape index (κ1) is 16.2. The summed E-state index contributed by atoms with van der Waals surface area (Å²) in [6.45, 7) is 8.38. The molecule has 0 aromatic heterocycles. The van der Waals surface area contributed by atoms with Gasteiger partial charge in [-0.25, -0.2) is 0 Å². The van der Waals surface area contributed by atoms with E-state index in [1.54, 1.807) is 0 Å². The van der Waals surface area contributed by atoms with Crippen LogP contribution in [0.4, 0.5) is 0 Å². The highest BCUT2D eigenvalue weighted by molar-refractivity contribution is 6.54. The molecular formula is C22H23BO3. The van der Waals surface area contributed by atoms with Gasteiger partial charge >= 0.3 is 7.12 Å². The second-order valence-corrected chi connectivity index (χ2v) is 8.46. The van der Waals surface area contributed by atoms with Gasteiger partial charge in [0.15, 0.2) is 0 Å². The Hall–Kier alpha value is -2.04. The smallest absolute Gasteiger partial charge is 0.460 e. The van der Waals surface area contributed by atoms with Crippen molar-refractivity contribution in [2.75, 3.05) is 0 Å². The van der Waals surface area contributed by atoms with Crippen LogP contribution in [0.3, 0.4) is 0 Å². The summed E-state index contributed by atoms with van der Waals surface area (Å²) in [4.78, 5) is 0. The normalized spacial score (nSPS) is 25.4. The highest BCUT2D eigenvalue weighted by Crippen LogP contribution is 2.50. The Bertz CT molecular complexity index is 955. The molecule has 3 nitrogen and oxygen atoms in total. The van der Waals surface area contributed by atoms with E-state index in [4.69, 9.17) is 14.0 Å². The van der Waals surface area contributed by atoms with Crippen molar-refractivity contribution in [3.63, 3.8) is 0 Å². The highest BCUT2D eigenvalue weighted by Gasteiger charge is 2.53. The van der Waals surface area contributed by atoms with E-state index in [0.717, 1.165) is 17.9 Å². The summed E-state index contributed by atoms with van der Waals surface area (Å²) in [5, 5.41) is 2.39. The summed E-state index contributed by atoms with van der Waals surface area (Å²) in [6.07, 6.45) is 5.07. The molecule has 3 aliphatic rings. The summed E-state index contributed by atoms with van der Waals surface area (Å²) in [7, 11) is -0.290. The first-order chi connectivity index (χ1) is 12.4. The van der Waals surface area contributed by atoms with Crippen LogP contribution in [0.15, 0.2) is 59.8 Å². The molecule has 1 unspecified atom stereocenters. The molecule has 2 aliphatic heterocycles. The highest BCUT2D eigenvalue weighted by atomic mass is 16.7. The van der Waals surface area contributed by atoms with Gasteiger partial charge in [-0.15, -0.1) is 0 Å². The fraction of sp³-hybridized carbons (Fsp3) is 0.364. The summed E-state index contributed by atoms with van der Waals surface area (Å²) in [6, 6.07) is 12.8. The summed E-state index contributed by atoms with van der Waals surface area (Å²) < 4.78 is 18.8. The Labute approximate surface area is 154 Å². The van der Waals surface area contributed by atoms with Crippen LogP contribution in [0.5, 0.6) is 5.75 Å². The zero-order valence-electron chi connectivity index (χ0n) is 15.7. The van der Waals surface area contributed by atoms with Crippen LogP contribution in [0.1, 0.15) is 45.6 Å². The number of hydrogen-bond acceptors (Lipinski definition) is 3. The van der Waals surface area contributed by atoms with Crippen molar-refractivity contribution in [2.45, 2.75) is 51.2 Å². The van der Waals surface area contributed by atoms with Gasteiger partial charge < -0.3 is 14.0 Å². The molecule has 0 saturated carbocycles. The van der Waals surface area contributed by atoms with Gasteiger partial charge in [0.2, 0.25) is 0 Å². The molecule has 1 fully saturated rings. The number of hydrogen-bond donors (Lipinski definition) is 0. The van der Waals surface area contributed by atoms with Gasteiger partial charge in [0, 0.05) is 16.9 Å². The van der Waals surface area contributed by atoms with E-state index in [9.17, 15) is 0 Å². The number of fused-ring (bicyclic) bond motifs is 5. The Balaban J connectivity index is 1.48. The van der Waals surface area contributed by atoms with E-state index < -0.39 is 0 Å². The molecule has 4 heteroatoms. The third-order valence-electron chi connectivity index (χ3n) is 6.31. The van der Waals surface area contributed by atoms with E-state index in [1.807, 2.05) is 0 Å². The largest absolute Gasteiger partial charge is 0.490 e. The van der Waals surface area contributed by atoms with Crippen molar-refractivity contribution in [1.82, 2.24) is 0 Å². The van der Waals surface area contributed by atoms with E-state index in [2.05, 4.69) is 76.2 Å². The molecule has 132 valence electrons. The zero-order valence-corrected chi connectivity index (χ0v) is 15.7. The molecule has 2 aromatic rings. The van der Waals surface area contributed by atoms with Crippen LogP contribution in [0.2, 0.25) is 0 Å². The van der Waals surface area contributed by atoms with Gasteiger partial charge in [0.25, 0.3) is 0 Å². The van der Waals surface area contributed by atoms with Crippen LogP contribution in [0, 0.1) is 0 Å².